The molecule has 1 atom stereocenters. The fraction of sp³-hybridized carbons (Fsp3) is 0.273. The van der Waals surface area contributed by atoms with Gasteiger partial charge in [-0.05, 0) is 23.3 Å². The number of carbonyl (C=O) groups is 1. The van der Waals surface area contributed by atoms with Crippen LogP contribution < -0.4 is 0 Å². The van der Waals surface area contributed by atoms with Gasteiger partial charge in [-0.1, -0.05) is 52.8 Å². The van der Waals surface area contributed by atoms with Gasteiger partial charge in [-0.15, -0.1) is 0 Å². The fourth-order valence-electron chi connectivity index (χ4n) is 3.63. The Labute approximate surface area is 185 Å². The second-order valence-electron chi connectivity index (χ2n) is 7.56. The number of nitrogens with zero attached hydrogens (tertiary/aromatic N) is 4. The van der Waals surface area contributed by atoms with Crippen LogP contribution in [0.1, 0.15) is 34.5 Å². The summed E-state index contributed by atoms with van der Waals surface area (Å²) in [6.45, 7) is 0.238. The number of aromatic nitrogens is 2. The second kappa shape index (κ2) is 8.91. The highest BCUT2D eigenvalue weighted by atomic mass is 32.2. The maximum absolute atomic E-state index is 13.3. The highest BCUT2D eigenvalue weighted by molar-refractivity contribution is 7.89. The largest absolute Gasteiger partial charge is 0.399 e. The Morgan fingerprint density at radius 2 is 1.84 bits per heavy atom. The van der Waals surface area contributed by atoms with Crippen molar-refractivity contribution in [1.29, 1.82) is 0 Å². The van der Waals surface area contributed by atoms with E-state index in [1.165, 1.54) is 7.11 Å². The monoisotopic (exact) mass is 454 g/mol. The molecule has 9 nitrogen and oxygen atoms in total. The molecule has 32 heavy (non-hydrogen) atoms. The van der Waals surface area contributed by atoms with Crippen LogP contribution >= 0.6 is 0 Å². The van der Waals surface area contributed by atoms with Gasteiger partial charge in [0.1, 0.15) is 18.9 Å². The number of oxime groups is 1. The summed E-state index contributed by atoms with van der Waals surface area (Å²) in [4.78, 5) is 24.0. The van der Waals surface area contributed by atoms with Crippen LogP contribution in [0.5, 0.6) is 0 Å². The number of amides is 1. The van der Waals surface area contributed by atoms with Crippen molar-refractivity contribution in [2.45, 2.75) is 18.2 Å². The van der Waals surface area contributed by atoms with Crippen LogP contribution in [0.25, 0.3) is 11.1 Å². The predicted octanol–water partition coefficient (Wildman–Crippen LogP) is 2.87. The molecule has 0 spiro atoms. The molecule has 0 N–H and O–H groups in total. The number of likely N-dealkylation sites (tertiary alicyclic amines) is 1. The number of benzene rings is 2. The molecule has 1 aliphatic heterocycles. The first-order chi connectivity index (χ1) is 15.3. The van der Waals surface area contributed by atoms with Gasteiger partial charge in [0.05, 0.1) is 12.3 Å². The number of rotatable bonds is 6. The summed E-state index contributed by atoms with van der Waals surface area (Å²) in [5.41, 5.74) is 3.22. The smallest absolute Gasteiger partial charge is 0.254 e. The summed E-state index contributed by atoms with van der Waals surface area (Å²) in [7, 11) is -1.88. The van der Waals surface area contributed by atoms with Gasteiger partial charge in [-0.25, -0.2) is 8.42 Å². The maximum atomic E-state index is 13.3. The minimum Gasteiger partial charge on any atom is -0.399 e. The molecule has 10 heteroatoms. The van der Waals surface area contributed by atoms with Gasteiger partial charge in [0.25, 0.3) is 5.91 Å². The van der Waals surface area contributed by atoms with E-state index in [0.29, 0.717) is 17.7 Å². The molecule has 3 aromatic rings. The molecule has 0 saturated carbocycles. The molecular formula is C22H22N4O5S. The normalized spacial score (nSPS) is 17.6. The molecule has 2 aromatic carbocycles. The SMILES string of the molecule is CON=C1C[C@@H](c2nc(CS(C)(=O)=O)no2)N(C(=O)c2ccc(-c3ccccc3)cc2)C1. The molecule has 1 aliphatic rings. The van der Waals surface area contributed by atoms with Crippen LogP contribution in [0.15, 0.2) is 64.3 Å². The highest BCUT2D eigenvalue weighted by Gasteiger charge is 2.38. The maximum Gasteiger partial charge on any atom is 0.254 e. The molecule has 4 rings (SSSR count). The Morgan fingerprint density at radius 1 is 1.16 bits per heavy atom. The average molecular weight is 455 g/mol. The van der Waals surface area contributed by atoms with E-state index in [4.69, 9.17) is 9.36 Å². The first-order valence-electron chi connectivity index (χ1n) is 9.89. The summed E-state index contributed by atoms with van der Waals surface area (Å²) in [5.74, 6) is -0.339. The lowest BCUT2D eigenvalue weighted by molar-refractivity contribution is 0.0713. The third-order valence-electron chi connectivity index (χ3n) is 5.04. The highest BCUT2D eigenvalue weighted by Crippen LogP contribution is 2.32. The number of hydrogen-bond donors (Lipinski definition) is 0. The van der Waals surface area contributed by atoms with Gasteiger partial charge >= 0.3 is 0 Å². The second-order valence-corrected chi connectivity index (χ2v) is 9.70. The Morgan fingerprint density at radius 3 is 2.50 bits per heavy atom. The van der Waals surface area contributed by atoms with Crippen molar-refractivity contribution in [2.75, 3.05) is 19.9 Å². The Kier molecular flexibility index (Phi) is 6.04. The first kappa shape index (κ1) is 21.7. The van der Waals surface area contributed by atoms with E-state index < -0.39 is 15.9 Å². The van der Waals surface area contributed by atoms with Gasteiger partial charge in [-0.2, -0.15) is 4.98 Å². The molecular weight excluding hydrogens is 432 g/mol. The zero-order valence-corrected chi connectivity index (χ0v) is 18.4. The van der Waals surface area contributed by atoms with E-state index in [0.717, 1.165) is 17.4 Å². The molecule has 2 heterocycles. The van der Waals surface area contributed by atoms with Crippen LogP contribution in [0, 0.1) is 0 Å². The van der Waals surface area contributed by atoms with Crippen molar-refractivity contribution in [3.63, 3.8) is 0 Å². The summed E-state index contributed by atoms with van der Waals surface area (Å²) >= 11 is 0. The van der Waals surface area contributed by atoms with Crippen molar-refractivity contribution in [2.24, 2.45) is 5.16 Å². The summed E-state index contributed by atoms with van der Waals surface area (Å²) in [5, 5.41) is 7.74. The number of carbonyl (C=O) groups excluding carboxylic acids is 1. The zero-order chi connectivity index (χ0) is 22.7. The van der Waals surface area contributed by atoms with E-state index in [9.17, 15) is 13.2 Å². The van der Waals surface area contributed by atoms with E-state index in [-0.39, 0.29) is 29.9 Å². The quantitative estimate of drug-likeness (QED) is 0.526. The van der Waals surface area contributed by atoms with Gasteiger partial charge < -0.3 is 14.3 Å². The van der Waals surface area contributed by atoms with Crippen molar-refractivity contribution in [1.82, 2.24) is 15.0 Å². The summed E-state index contributed by atoms with van der Waals surface area (Å²) in [6, 6.07) is 16.7. The molecule has 1 fully saturated rings. The van der Waals surface area contributed by atoms with Crippen molar-refractivity contribution in [3.8, 4) is 11.1 Å². The molecule has 0 aliphatic carbocycles. The molecule has 0 radical (unpaired) electrons. The fourth-order valence-corrected chi connectivity index (χ4v) is 4.22. The van der Waals surface area contributed by atoms with Crippen LogP contribution in [-0.4, -0.2) is 55.0 Å². The third-order valence-corrected chi connectivity index (χ3v) is 5.82. The third kappa shape index (κ3) is 4.86. The Hall–Kier alpha value is -3.53. The zero-order valence-electron chi connectivity index (χ0n) is 17.6. The van der Waals surface area contributed by atoms with Crippen LogP contribution in [0.2, 0.25) is 0 Å². The van der Waals surface area contributed by atoms with E-state index in [1.807, 2.05) is 42.5 Å². The Bertz CT molecular complexity index is 1240. The van der Waals surface area contributed by atoms with Crippen molar-refractivity contribution in [3.05, 3.63) is 71.9 Å². The van der Waals surface area contributed by atoms with E-state index in [1.54, 1.807) is 17.0 Å². The van der Waals surface area contributed by atoms with Gasteiger partial charge in [-0.3, -0.25) is 4.79 Å². The van der Waals surface area contributed by atoms with Crippen LogP contribution in [0.4, 0.5) is 0 Å². The van der Waals surface area contributed by atoms with Crippen molar-refractivity contribution < 1.29 is 22.6 Å². The van der Waals surface area contributed by atoms with Crippen LogP contribution in [-0.2, 0) is 20.4 Å². The predicted molar refractivity (Wildman–Crippen MR) is 118 cm³/mol. The first-order valence-corrected chi connectivity index (χ1v) is 12.0. The van der Waals surface area contributed by atoms with Gasteiger partial charge in [0.2, 0.25) is 5.89 Å². The van der Waals surface area contributed by atoms with Gasteiger partial charge in [0.15, 0.2) is 15.7 Å². The van der Waals surface area contributed by atoms with Crippen LogP contribution in [0.3, 0.4) is 0 Å². The number of hydrogen-bond acceptors (Lipinski definition) is 8. The summed E-state index contributed by atoms with van der Waals surface area (Å²) in [6.07, 6.45) is 1.44. The minimum absolute atomic E-state index is 0.0549. The molecule has 0 bridgehead atoms. The molecule has 1 saturated heterocycles. The number of sulfone groups is 1. The molecule has 166 valence electrons. The van der Waals surface area contributed by atoms with Gasteiger partial charge in [0, 0.05) is 18.2 Å². The van der Waals surface area contributed by atoms with E-state index in [2.05, 4.69) is 15.3 Å². The molecule has 1 aromatic heterocycles. The lowest BCUT2D eigenvalue weighted by atomic mass is 10.0. The minimum atomic E-state index is -3.32. The lowest BCUT2D eigenvalue weighted by Crippen LogP contribution is -2.31. The lowest BCUT2D eigenvalue weighted by Gasteiger charge is -2.21. The summed E-state index contributed by atoms with van der Waals surface area (Å²) < 4.78 is 28.4. The average Bonchev–Trinajstić information content (AvgIpc) is 3.40. The van der Waals surface area contributed by atoms with E-state index >= 15 is 0 Å². The Balaban J connectivity index is 1.59. The molecule has 0 unspecified atom stereocenters. The topological polar surface area (TPSA) is 115 Å². The van der Waals surface area contributed by atoms with Crippen molar-refractivity contribution >= 4 is 21.5 Å². The molecule has 1 amide bonds. The standard InChI is InChI=1S/C22H22N4O5S/c1-30-24-18-12-19(21-23-20(25-31-21)14-32(2,28)29)26(13-18)22(27)17-10-8-16(9-11-17)15-6-4-3-5-7-15/h3-11,19H,12-14H2,1-2H3/t19-/m0/s1.